The number of rotatable bonds is 6. The molecule has 1 fully saturated rings. The molecule has 22 heavy (non-hydrogen) atoms. The van der Waals surface area contributed by atoms with Gasteiger partial charge in [0.1, 0.15) is 6.04 Å². The van der Waals surface area contributed by atoms with Gasteiger partial charge in [-0.2, -0.15) is 17.6 Å². The van der Waals surface area contributed by atoms with Crippen molar-refractivity contribution < 1.29 is 37.3 Å². The first-order valence-electron chi connectivity index (χ1n) is 6.68. The lowest BCUT2D eigenvalue weighted by atomic mass is 9.90. The van der Waals surface area contributed by atoms with Crippen molar-refractivity contribution in [3.8, 4) is 0 Å². The normalized spacial score (nSPS) is 26.9. The van der Waals surface area contributed by atoms with E-state index in [-0.39, 0.29) is 0 Å². The zero-order chi connectivity index (χ0) is 17.3. The Kier molecular flexibility index (Phi) is 5.77. The summed E-state index contributed by atoms with van der Waals surface area (Å²) in [6, 6.07) is -2.25. The Morgan fingerprint density at radius 1 is 1.23 bits per heavy atom. The maximum absolute atomic E-state index is 13.3. The fourth-order valence-corrected chi connectivity index (χ4v) is 2.53. The fourth-order valence-electron chi connectivity index (χ4n) is 2.53. The summed E-state index contributed by atoms with van der Waals surface area (Å²) in [4.78, 5) is 11.8. The zero-order valence-electron chi connectivity index (χ0n) is 12.4. The minimum atomic E-state index is -4.17. The van der Waals surface area contributed by atoms with Crippen molar-refractivity contribution in [2.24, 2.45) is 5.92 Å². The highest BCUT2D eigenvalue weighted by molar-refractivity contribution is 5.74. The van der Waals surface area contributed by atoms with Crippen LogP contribution in [-0.4, -0.2) is 71.6 Å². The molecule has 0 aromatic heterocycles. The maximum atomic E-state index is 13.3. The summed E-state index contributed by atoms with van der Waals surface area (Å²) in [5.74, 6) is -2.63. The second-order valence-corrected chi connectivity index (χ2v) is 5.49. The molecule has 0 aromatic rings. The van der Waals surface area contributed by atoms with E-state index in [2.05, 4.69) is 10.1 Å². The van der Waals surface area contributed by atoms with Crippen LogP contribution in [0.15, 0.2) is 0 Å². The van der Waals surface area contributed by atoms with Crippen molar-refractivity contribution in [3.05, 3.63) is 0 Å². The van der Waals surface area contributed by atoms with E-state index in [1.54, 1.807) is 6.92 Å². The number of morpholine rings is 1. The molecule has 0 spiro atoms. The molecule has 1 saturated heterocycles. The Morgan fingerprint density at radius 3 is 2.05 bits per heavy atom. The second-order valence-electron chi connectivity index (χ2n) is 5.49. The first kappa shape index (κ1) is 19.1. The third-order valence-electron chi connectivity index (χ3n) is 3.72. The summed E-state index contributed by atoms with van der Waals surface area (Å²) < 4.78 is 56.4. The zero-order valence-corrected chi connectivity index (χ0v) is 12.4. The second kappa shape index (κ2) is 6.65. The van der Waals surface area contributed by atoms with Crippen molar-refractivity contribution in [2.45, 2.75) is 44.3 Å². The molecule has 0 aliphatic carbocycles. The summed E-state index contributed by atoms with van der Waals surface area (Å²) >= 11 is 0. The van der Waals surface area contributed by atoms with Crippen LogP contribution >= 0.6 is 0 Å². The van der Waals surface area contributed by atoms with Gasteiger partial charge in [0.15, 0.2) is 0 Å². The van der Waals surface area contributed by atoms with E-state index in [0.29, 0.717) is 4.90 Å². The van der Waals surface area contributed by atoms with Gasteiger partial charge in [-0.25, -0.2) is 0 Å². The van der Waals surface area contributed by atoms with Crippen molar-refractivity contribution in [2.75, 3.05) is 20.1 Å². The van der Waals surface area contributed by atoms with Gasteiger partial charge in [-0.15, -0.1) is 0 Å². The number of likely N-dealkylation sites (N-methyl/N-ethyl adjacent to an activating group) is 1. The van der Waals surface area contributed by atoms with E-state index < -0.39 is 55.4 Å². The highest BCUT2D eigenvalue weighted by Gasteiger charge is 2.55. The summed E-state index contributed by atoms with van der Waals surface area (Å²) in [5, 5.41) is 22.0. The van der Waals surface area contributed by atoms with E-state index in [4.69, 9.17) is 0 Å². The number of aliphatic hydroxyl groups excluding tert-OH is 1. The molecule has 0 amide bonds. The Morgan fingerprint density at radius 2 is 1.68 bits per heavy atom. The average Bonchev–Trinajstić information content (AvgIpc) is 2.32. The molecular weight excluding hydrogens is 312 g/mol. The predicted octanol–water partition coefficient (Wildman–Crippen LogP) is 0.562. The molecule has 0 bridgehead atoms. The molecule has 1 rings (SSSR count). The third kappa shape index (κ3) is 4.51. The van der Waals surface area contributed by atoms with E-state index in [9.17, 15) is 32.6 Å². The van der Waals surface area contributed by atoms with Crippen LogP contribution in [0.4, 0.5) is 17.6 Å². The molecule has 10 heteroatoms. The summed E-state index contributed by atoms with van der Waals surface area (Å²) in [5.41, 5.74) is 0. The van der Waals surface area contributed by atoms with Gasteiger partial charge in [0.25, 0.3) is 0 Å². The number of hydrogen-bond donors (Lipinski definition) is 3. The Labute approximate surface area is 125 Å². The van der Waals surface area contributed by atoms with Crippen LogP contribution in [0.2, 0.25) is 0 Å². The number of hydrogen-bond acceptors (Lipinski definition) is 5. The van der Waals surface area contributed by atoms with Crippen LogP contribution in [0.25, 0.3) is 0 Å². The van der Waals surface area contributed by atoms with Crippen molar-refractivity contribution in [1.29, 1.82) is 0 Å². The smallest absolute Gasteiger partial charge is 0.372 e. The molecular formula is C12H20F4N2O4. The summed E-state index contributed by atoms with van der Waals surface area (Å²) in [7, 11) is 1.52. The molecule has 4 unspecified atom stereocenters. The SMILES string of the molecule is CNC(C)C(O)C(C)C(C(=O)O)N1CC(F)(F)OC(F)(F)C1. The van der Waals surface area contributed by atoms with Gasteiger partial charge in [0.05, 0.1) is 19.2 Å². The summed E-state index contributed by atoms with van der Waals surface area (Å²) in [6.07, 6.45) is -9.57. The summed E-state index contributed by atoms with van der Waals surface area (Å²) in [6.45, 7) is 0.292. The number of alkyl halides is 4. The largest absolute Gasteiger partial charge is 0.480 e. The topological polar surface area (TPSA) is 82.0 Å². The number of nitrogens with zero attached hydrogens (tertiary/aromatic N) is 1. The first-order chi connectivity index (χ1) is 9.90. The average molecular weight is 332 g/mol. The number of carboxylic acid groups (broad SMARTS) is 1. The van der Waals surface area contributed by atoms with Crippen LogP contribution in [-0.2, 0) is 9.53 Å². The van der Waals surface area contributed by atoms with Gasteiger partial charge in [0.2, 0.25) is 0 Å². The number of halogens is 4. The van der Waals surface area contributed by atoms with Gasteiger partial charge >= 0.3 is 18.2 Å². The van der Waals surface area contributed by atoms with Crippen LogP contribution in [0.3, 0.4) is 0 Å². The molecule has 0 aromatic carbocycles. The molecule has 3 N–H and O–H groups in total. The van der Waals surface area contributed by atoms with Crippen molar-refractivity contribution in [3.63, 3.8) is 0 Å². The predicted molar refractivity (Wildman–Crippen MR) is 67.7 cm³/mol. The third-order valence-corrected chi connectivity index (χ3v) is 3.72. The molecule has 1 aliphatic rings. The molecule has 1 aliphatic heterocycles. The monoisotopic (exact) mass is 332 g/mol. The van der Waals surface area contributed by atoms with Crippen LogP contribution in [0.5, 0.6) is 0 Å². The molecule has 0 radical (unpaired) electrons. The van der Waals surface area contributed by atoms with Gasteiger partial charge in [-0.1, -0.05) is 6.92 Å². The van der Waals surface area contributed by atoms with E-state index in [1.807, 2.05) is 0 Å². The van der Waals surface area contributed by atoms with Gasteiger partial charge < -0.3 is 15.5 Å². The van der Waals surface area contributed by atoms with E-state index in [0.717, 1.165) is 0 Å². The number of aliphatic hydroxyl groups is 1. The Hall–Kier alpha value is -0.970. The molecule has 6 nitrogen and oxygen atoms in total. The lowest BCUT2D eigenvalue weighted by molar-refractivity contribution is -0.407. The van der Waals surface area contributed by atoms with Crippen LogP contribution in [0, 0.1) is 5.92 Å². The van der Waals surface area contributed by atoms with E-state index in [1.165, 1.54) is 14.0 Å². The highest BCUT2D eigenvalue weighted by Crippen LogP contribution is 2.35. The van der Waals surface area contributed by atoms with Crippen molar-refractivity contribution >= 4 is 5.97 Å². The standard InChI is InChI=1S/C12H20F4N2O4/c1-6(9(19)7(2)17-3)8(10(20)21)18-4-11(13,14)22-12(15,16)5-18/h6-9,17,19H,4-5H2,1-3H3,(H,20,21). The molecule has 1 heterocycles. The molecule has 130 valence electrons. The number of aliphatic carboxylic acids is 1. The molecule has 0 saturated carbocycles. The number of carbonyl (C=O) groups is 1. The minimum Gasteiger partial charge on any atom is -0.480 e. The van der Waals surface area contributed by atoms with Gasteiger partial charge in [0, 0.05) is 12.0 Å². The first-order valence-corrected chi connectivity index (χ1v) is 6.68. The van der Waals surface area contributed by atoms with Gasteiger partial charge in [-0.3, -0.25) is 14.4 Å². The highest BCUT2D eigenvalue weighted by atomic mass is 19.3. The van der Waals surface area contributed by atoms with E-state index >= 15 is 0 Å². The van der Waals surface area contributed by atoms with Crippen molar-refractivity contribution in [1.82, 2.24) is 10.2 Å². The fraction of sp³-hybridized carbons (Fsp3) is 0.917. The van der Waals surface area contributed by atoms with Gasteiger partial charge in [-0.05, 0) is 14.0 Å². The Bertz CT molecular complexity index is 395. The maximum Gasteiger partial charge on any atom is 0.372 e. The lowest BCUT2D eigenvalue weighted by Crippen LogP contribution is -2.62. The van der Waals surface area contributed by atoms with Crippen LogP contribution < -0.4 is 5.32 Å². The number of nitrogens with one attached hydrogen (secondary N) is 1. The lowest BCUT2D eigenvalue weighted by Gasteiger charge is -2.42. The Balaban J connectivity index is 3.02. The number of ether oxygens (including phenoxy) is 1. The quantitative estimate of drug-likeness (QED) is 0.617. The van der Waals surface area contributed by atoms with Crippen LogP contribution in [0.1, 0.15) is 13.8 Å². The minimum absolute atomic E-state index is 0.433. The molecule has 4 atom stereocenters. The number of carboxylic acids is 1.